The van der Waals surface area contributed by atoms with Gasteiger partial charge in [-0.3, -0.25) is 0 Å². The van der Waals surface area contributed by atoms with Crippen LogP contribution in [0, 0.1) is 6.92 Å². The van der Waals surface area contributed by atoms with Crippen molar-refractivity contribution in [2.75, 3.05) is 6.61 Å². The molecule has 0 spiro atoms. The summed E-state index contributed by atoms with van der Waals surface area (Å²) >= 11 is 0. The summed E-state index contributed by atoms with van der Waals surface area (Å²) in [5.41, 5.74) is 2.00. The summed E-state index contributed by atoms with van der Waals surface area (Å²) in [6.45, 7) is 2.11. The van der Waals surface area contributed by atoms with Gasteiger partial charge < -0.3 is 5.11 Å². The Hall–Kier alpha value is -1.42. The standard InChI is InChI=1S/C9H11N3O/c1-7-2-4-12-9(6-7)10-8(11-12)3-5-13/h2,4,6,13H,3,5H2,1H3. The minimum Gasteiger partial charge on any atom is -0.396 e. The molecule has 0 aliphatic carbocycles. The van der Waals surface area contributed by atoms with Crippen LogP contribution >= 0.6 is 0 Å². The van der Waals surface area contributed by atoms with Crippen LogP contribution in [0.5, 0.6) is 0 Å². The van der Waals surface area contributed by atoms with E-state index in [1.807, 2.05) is 25.3 Å². The van der Waals surface area contributed by atoms with Gasteiger partial charge in [0.25, 0.3) is 0 Å². The highest BCUT2D eigenvalue weighted by atomic mass is 16.3. The van der Waals surface area contributed by atoms with Gasteiger partial charge in [0.2, 0.25) is 0 Å². The first kappa shape index (κ1) is 8.19. The van der Waals surface area contributed by atoms with E-state index < -0.39 is 0 Å². The Morgan fingerprint density at radius 2 is 2.38 bits per heavy atom. The number of pyridine rings is 1. The maximum atomic E-state index is 8.71. The third-order valence-corrected chi connectivity index (χ3v) is 1.87. The van der Waals surface area contributed by atoms with Crippen LogP contribution in [-0.2, 0) is 6.42 Å². The zero-order chi connectivity index (χ0) is 9.26. The van der Waals surface area contributed by atoms with Crippen LogP contribution in [-0.4, -0.2) is 26.3 Å². The highest BCUT2D eigenvalue weighted by molar-refractivity contribution is 5.39. The van der Waals surface area contributed by atoms with E-state index in [0.717, 1.165) is 11.2 Å². The zero-order valence-corrected chi connectivity index (χ0v) is 7.44. The van der Waals surface area contributed by atoms with Crippen LogP contribution in [0.15, 0.2) is 18.3 Å². The van der Waals surface area contributed by atoms with Crippen molar-refractivity contribution in [3.8, 4) is 0 Å². The Labute approximate surface area is 75.8 Å². The Kier molecular flexibility index (Phi) is 1.98. The predicted molar refractivity (Wildman–Crippen MR) is 48.5 cm³/mol. The van der Waals surface area contributed by atoms with Gasteiger partial charge in [-0.2, -0.15) is 5.10 Å². The molecule has 0 bridgehead atoms. The van der Waals surface area contributed by atoms with Crippen molar-refractivity contribution >= 4 is 5.65 Å². The Bertz CT molecular complexity index is 422. The van der Waals surface area contributed by atoms with Crippen LogP contribution in [0.1, 0.15) is 11.4 Å². The van der Waals surface area contributed by atoms with Crippen LogP contribution in [0.2, 0.25) is 0 Å². The average molecular weight is 177 g/mol. The van der Waals surface area contributed by atoms with E-state index in [4.69, 9.17) is 5.11 Å². The molecule has 0 radical (unpaired) electrons. The largest absolute Gasteiger partial charge is 0.396 e. The van der Waals surface area contributed by atoms with Crippen LogP contribution < -0.4 is 0 Å². The Balaban J connectivity index is 2.49. The van der Waals surface area contributed by atoms with Crippen molar-refractivity contribution in [3.05, 3.63) is 29.7 Å². The number of hydrogen-bond acceptors (Lipinski definition) is 3. The van der Waals surface area contributed by atoms with Crippen molar-refractivity contribution in [2.45, 2.75) is 13.3 Å². The third-order valence-electron chi connectivity index (χ3n) is 1.87. The van der Waals surface area contributed by atoms with Crippen molar-refractivity contribution in [3.63, 3.8) is 0 Å². The number of aromatic nitrogens is 3. The van der Waals surface area contributed by atoms with E-state index in [1.54, 1.807) is 4.52 Å². The van der Waals surface area contributed by atoms with Crippen molar-refractivity contribution < 1.29 is 5.11 Å². The summed E-state index contributed by atoms with van der Waals surface area (Å²) < 4.78 is 1.72. The molecule has 13 heavy (non-hydrogen) atoms. The summed E-state index contributed by atoms with van der Waals surface area (Å²) in [5.74, 6) is 0.688. The van der Waals surface area contributed by atoms with E-state index in [0.29, 0.717) is 12.2 Å². The van der Waals surface area contributed by atoms with Crippen LogP contribution in [0.4, 0.5) is 0 Å². The Morgan fingerprint density at radius 1 is 1.54 bits per heavy atom. The molecule has 4 nitrogen and oxygen atoms in total. The number of aliphatic hydroxyl groups is 1. The summed E-state index contributed by atoms with van der Waals surface area (Å²) in [6.07, 6.45) is 2.39. The summed E-state index contributed by atoms with van der Waals surface area (Å²) in [4.78, 5) is 4.26. The molecule has 1 N–H and O–H groups in total. The van der Waals surface area contributed by atoms with Gasteiger partial charge in [-0.15, -0.1) is 0 Å². The molecule has 0 aliphatic heterocycles. The van der Waals surface area contributed by atoms with E-state index in [9.17, 15) is 0 Å². The number of nitrogens with zero attached hydrogens (tertiary/aromatic N) is 3. The molecule has 0 fully saturated rings. The summed E-state index contributed by atoms with van der Waals surface area (Å²) in [6, 6.07) is 3.94. The monoisotopic (exact) mass is 177 g/mol. The van der Waals surface area contributed by atoms with Crippen LogP contribution in [0.25, 0.3) is 5.65 Å². The molecule has 0 amide bonds. The fourth-order valence-electron chi connectivity index (χ4n) is 1.24. The first-order valence-corrected chi connectivity index (χ1v) is 4.22. The van der Waals surface area contributed by atoms with E-state index in [1.165, 1.54) is 0 Å². The highest BCUT2D eigenvalue weighted by Crippen LogP contribution is 2.04. The smallest absolute Gasteiger partial charge is 0.155 e. The number of aliphatic hydroxyl groups excluding tert-OH is 1. The second kappa shape index (κ2) is 3.14. The van der Waals surface area contributed by atoms with Crippen molar-refractivity contribution in [1.29, 1.82) is 0 Å². The predicted octanol–water partition coefficient (Wildman–Crippen LogP) is 0.573. The normalized spacial score (nSPS) is 10.9. The molecule has 0 aromatic carbocycles. The number of aryl methyl sites for hydroxylation is 1. The molecule has 2 heterocycles. The topological polar surface area (TPSA) is 50.4 Å². The molecule has 2 aromatic heterocycles. The van der Waals surface area contributed by atoms with Gasteiger partial charge in [0.1, 0.15) is 0 Å². The summed E-state index contributed by atoms with van der Waals surface area (Å²) in [5, 5.41) is 12.9. The first-order chi connectivity index (χ1) is 6.29. The molecular formula is C9H11N3O. The fourth-order valence-corrected chi connectivity index (χ4v) is 1.24. The molecule has 2 aromatic rings. The molecule has 4 heteroatoms. The Morgan fingerprint density at radius 3 is 3.15 bits per heavy atom. The number of hydrogen-bond donors (Lipinski definition) is 1. The van der Waals surface area contributed by atoms with Crippen molar-refractivity contribution in [2.24, 2.45) is 0 Å². The quantitative estimate of drug-likeness (QED) is 0.729. The van der Waals surface area contributed by atoms with Crippen molar-refractivity contribution in [1.82, 2.24) is 14.6 Å². The van der Waals surface area contributed by atoms with Crippen LogP contribution in [0.3, 0.4) is 0 Å². The minimum absolute atomic E-state index is 0.0931. The van der Waals surface area contributed by atoms with Gasteiger partial charge >= 0.3 is 0 Å². The molecule has 0 atom stereocenters. The van der Waals surface area contributed by atoms with Gasteiger partial charge in [-0.25, -0.2) is 9.50 Å². The fraction of sp³-hybridized carbons (Fsp3) is 0.333. The molecule has 0 saturated heterocycles. The molecule has 2 rings (SSSR count). The molecule has 0 saturated carbocycles. The second-order valence-corrected chi connectivity index (χ2v) is 3.01. The van der Waals surface area contributed by atoms with Gasteiger partial charge in [0.05, 0.1) is 6.61 Å². The van der Waals surface area contributed by atoms with Gasteiger partial charge in [0.15, 0.2) is 11.5 Å². The molecule has 68 valence electrons. The molecular weight excluding hydrogens is 166 g/mol. The van der Waals surface area contributed by atoms with Gasteiger partial charge in [-0.05, 0) is 24.6 Å². The van der Waals surface area contributed by atoms with E-state index >= 15 is 0 Å². The minimum atomic E-state index is 0.0931. The maximum Gasteiger partial charge on any atom is 0.155 e. The molecule has 0 unspecified atom stereocenters. The lowest BCUT2D eigenvalue weighted by molar-refractivity contribution is 0.296. The SMILES string of the molecule is Cc1ccn2nc(CCO)nc2c1. The van der Waals surface area contributed by atoms with E-state index in [-0.39, 0.29) is 6.61 Å². The average Bonchev–Trinajstić information content (AvgIpc) is 2.46. The van der Waals surface area contributed by atoms with E-state index in [2.05, 4.69) is 10.1 Å². The van der Waals surface area contributed by atoms with Gasteiger partial charge in [0, 0.05) is 12.6 Å². The lowest BCUT2D eigenvalue weighted by atomic mass is 10.3. The highest BCUT2D eigenvalue weighted by Gasteiger charge is 2.01. The second-order valence-electron chi connectivity index (χ2n) is 3.01. The lowest BCUT2D eigenvalue weighted by Crippen LogP contribution is -1.93. The number of fused-ring (bicyclic) bond motifs is 1. The van der Waals surface area contributed by atoms with Gasteiger partial charge in [-0.1, -0.05) is 0 Å². The third kappa shape index (κ3) is 1.53. The number of rotatable bonds is 2. The maximum absolute atomic E-state index is 8.71. The zero-order valence-electron chi connectivity index (χ0n) is 7.44. The lowest BCUT2D eigenvalue weighted by Gasteiger charge is -1.90. The first-order valence-electron chi connectivity index (χ1n) is 4.22. The summed E-state index contributed by atoms with van der Waals surface area (Å²) in [7, 11) is 0. The molecule has 0 aliphatic rings.